The van der Waals surface area contributed by atoms with Crippen LogP contribution in [0.2, 0.25) is 5.02 Å². The Bertz CT molecular complexity index is 1020. The van der Waals surface area contributed by atoms with E-state index >= 15 is 0 Å². The number of ether oxygens (including phenoxy) is 1. The Morgan fingerprint density at radius 2 is 1.88 bits per heavy atom. The second-order valence-electron chi connectivity index (χ2n) is 5.67. The first kappa shape index (κ1) is 15.0. The fourth-order valence-electron chi connectivity index (χ4n) is 3.07. The predicted molar refractivity (Wildman–Crippen MR) is 98.7 cm³/mol. The molecule has 4 rings (SSSR count). The van der Waals surface area contributed by atoms with Gasteiger partial charge in [-0.25, -0.2) is 4.98 Å². The zero-order valence-electron chi connectivity index (χ0n) is 13.4. The summed E-state index contributed by atoms with van der Waals surface area (Å²) in [6.07, 6.45) is 0. The van der Waals surface area contributed by atoms with Gasteiger partial charge in [0.25, 0.3) is 0 Å². The zero-order valence-corrected chi connectivity index (χ0v) is 14.1. The van der Waals surface area contributed by atoms with E-state index in [1.165, 1.54) is 5.39 Å². The number of imidazole rings is 1. The summed E-state index contributed by atoms with van der Waals surface area (Å²) in [5, 5.41) is 3.01. The molecule has 0 saturated heterocycles. The molecule has 24 heavy (non-hydrogen) atoms. The van der Waals surface area contributed by atoms with Gasteiger partial charge in [0.2, 0.25) is 0 Å². The number of benzene rings is 3. The van der Waals surface area contributed by atoms with Crippen molar-refractivity contribution < 1.29 is 4.74 Å². The molecule has 0 bridgehead atoms. The van der Waals surface area contributed by atoms with Crippen LogP contribution in [-0.4, -0.2) is 9.55 Å². The minimum Gasteiger partial charge on any atom is -0.485 e. The van der Waals surface area contributed by atoms with Gasteiger partial charge in [-0.15, -0.1) is 0 Å². The lowest BCUT2D eigenvalue weighted by atomic mass is 10.1. The summed E-state index contributed by atoms with van der Waals surface area (Å²) in [6, 6.07) is 20.1. The van der Waals surface area contributed by atoms with E-state index in [4.69, 9.17) is 21.3 Å². The molecule has 0 fully saturated rings. The van der Waals surface area contributed by atoms with Crippen molar-refractivity contribution in [2.45, 2.75) is 20.1 Å². The van der Waals surface area contributed by atoms with E-state index in [1.54, 1.807) is 0 Å². The smallest absolute Gasteiger partial charge is 0.147 e. The summed E-state index contributed by atoms with van der Waals surface area (Å²) in [7, 11) is 0. The maximum atomic E-state index is 6.12. The highest BCUT2D eigenvalue weighted by molar-refractivity contribution is 6.31. The van der Waals surface area contributed by atoms with Crippen molar-refractivity contribution in [3.8, 4) is 5.75 Å². The van der Waals surface area contributed by atoms with E-state index < -0.39 is 0 Å². The van der Waals surface area contributed by atoms with Gasteiger partial charge >= 0.3 is 0 Å². The Balaban J connectivity index is 1.69. The van der Waals surface area contributed by atoms with Gasteiger partial charge in [0.1, 0.15) is 18.2 Å². The molecule has 0 N–H and O–H groups in total. The van der Waals surface area contributed by atoms with E-state index in [0.29, 0.717) is 6.61 Å². The van der Waals surface area contributed by atoms with Gasteiger partial charge in [-0.3, -0.25) is 0 Å². The molecule has 4 aromatic rings. The number of hydrogen-bond acceptors (Lipinski definition) is 2. The lowest BCUT2D eigenvalue weighted by Crippen LogP contribution is -2.06. The average Bonchev–Trinajstić information content (AvgIpc) is 2.96. The van der Waals surface area contributed by atoms with Gasteiger partial charge in [0.15, 0.2) is 0 Å². The topological polar surface area (TPSA) is 27.1 Å². The molecule has 0 aliphatic carbocycles. The van der Waals surface area contributed by atoms with Gasteiger partial charge in [-0.2, -0.15) is 0 Å². The Morgan fingerprint density at radius 3 is 2.75 bits per heavy atom. The fourth-order valence-corrected chi connectivity index (χ4v) is 3.24. The molecule has 0 spiro atoms. The van der Waals surface area contributed by atoms with Crippen LogP contribution in [0.4, 0.5) is 0 Å². The first-order valence-corrected chi connectivity index (χ1v) is 8.39. The molecule has 3 nitrogen and oxygen atoms in total. The third kappa shape index (κ3) is 2.61. The number of nitrogens with zero attached hydrogens (tertiary/aromatic N) is 2. The molecular weight excluding hydrogens is 320 g/mol. The zero-order chi connectivity index (χ0) is 16.5. The van der Waals surface area contributed by atoms with Gasteiger partial charge < -0.3 is 9.30 Å². The average molecular weight is 337 g/mol. The standard InChI is InChI=1S/C20H17ClN2O/c1-2-23-18-12-15(21)10-11-17(18)22-20(23)13-24-19-9-5-7-14-6-3-4-8-16(14)19/h3-12H,2,13H2,1H3. The molecule has 1 heterocycles. The second kappa shape index (κ2) is 6.17. The Labute approximate surface area is 145 Å². The first-order valence-electron chi connectivity index (χ1n) is 8.01. The molecule has 0 unspecified atom stereocenters. The maximum absolute atomic E-state index is 6.12. The van der Waals surface area contributed by atoms with Crippen LogP contribution in [0.1, 0.15) is 12.7 Å². The Morgan fingerprint density at radius 1 is 1.04 bits per heavy atom. The van der Waals surface area contributed by atoms with Crippen LogP contribution in [0.3, 0.4) is 0 Å². The van der Waals surface area contributed by atoms with Crippen LogP contribution in [0.5, 0.6) is 5.75 Å². The molecule has 120 valence electrons. The van der Waals surface area contributed by atoms with Gasteiger partial charge in [-0.1, -0.05) is 48.0 Å². The molecule has 1 aromatic heterocycles. The molecule has 0 radical (unpaired) electrons. The highest BCUT2D eigenvalue weighted by atomic mass is 35.5. The van der Waals surface area contributed by atoms with Crippen LogP contribution in [0, 0.1) is 0 Å². The summed E-state index contributed by atoms with van der Waals surface area (Å²) in [5.41, 5.74) is 1.99. The van der Waals surface area contributed by atoms with E-state index in [-0.39, 0.29) is 0 Å². The quantitative estimate of drug-likeness (QED) is 0.496. The molecule has 4 heteroatoms. The number of aryl methyl sites for hydroxylation is 1. The lowest BCUT2D eigenvalue weighted by Gasteiger charge is -2.10. The second-order valence-corrected chi connectivity index (χ2v) is 6.11. The summed E-state index contributed by atoms with van der Waals surface area (Å²) in [6.45, 7) is 3.35. The Kier molecular flexibility index (Phi) is 3.87. The third-order valence-electron chi connectivity index (χ3n) is 4.21. The van der Waals surface area contributed by atoms with Crippen LogP contribution >= 0.6 is 11.6 Å². The van der Waals surface area contributed by atoms with E-state index in [1.807, 2.05) is 42.5 Å². The molecular formula is C20H17ClN2O. The number of hydrogen-bond donors (Lipinski definition) is 0. The molecule has 0 aliphatic heterocycles. The number of rotatable bonds is 4. The van der Waals surface area contributed by atoms with Crippen molar-refractivity contribution in [1.82, 2.24) is 9.55 Å². The van der Waals surface area contributed by atoms with Crippen LogP contribution in [-0.2, 0) is 13.2 Å². The Hall–Kier alpha value is -2.52. The summed E-state index contributed by atoms with van der Waals surface area (Å²) < 4.78 is 8.24. The predicted octanol–water partition coefficient (Wildman–Crippen LogP) is 5.44. The van der Waals surface area contributed by atoms with Crippen molar-refractivity contribution in [1.29, 1.82) is 0 Å². The van der Waals surface area contributed by atoms with Crippen molar-refractivity contribution >= 4 is 33.4 Å². The van der Waals surface area contributed by atoms with Gasteiger partial charge in [0, 0.05) is 17.0 Å². The maximum Gasteiger partial charge on any atom is 0.147 e. The van der Waals surface area contributed by atoms with Crippen LogP contribution in [0.25, 0.3) is 21.8 Å². The molecule has 0 amide bonds. The first-order chi connectivity index (χ1) is 11.8. The van der Waals surface area contributed by atoms with Crippen molar-refractivity contribution in [2.24, 2.45) is 0 Å². The highest BCUT2D eigenvalue weighted by Crippen LogP contribution is 2.27. The number of fused-ring (bicyclic) bond motifs is 2. The van der Waals surface area contributed by atoms with Crippen molar-refractivity contribution in [3.63, 3.8) is 0 Å². The van der Waals surface area contributed by atoms with E-state index in [0.717, 1.165) is 39.6 Å². The fraction of sp³-hybridized carbons (Fsp3) is 0.150. The lowest BCUT2D eigenvalue weighted by molar-refractivity contribution is 0.294. The van der Waals surface area contributed by atoms with Crippen molar-refractivity contribution in [2.75, 3.05) is 0 Å². The number of halogens is 1. The van der Waals surface area contributed by atoms with Gasteiger partial charge in [-0.05, 0) is 36.6 Å². The van der Waals surface area contributed by atoms with E-state index in [2.05, 4.69) is 29.7 Å². The minimum atomic E-state index is 0.425. The molecule has 3 aromatic carbocycles. The van der Waals surface area contributed by atoms with Crippen LogP contribution < -0.4 is 4.74 Å². The summed E-state index contributed by atoms with van der Waals surface area (Å²) in [4.78, 5) is 4.70. The van der Waals surface area contributed by atoms with Gasteiger partial charge in [0.05, 0.1) is 11.0 Å². The molecule has 0 atom stereocenters. The van der Waals surface area contributed by atoms with E-state index in [9.17, 15) is 0 Å². The molecule has 0 aliphatic rings. The van der Waals surface area contributed by atoms with Crippen LogP contribution in [0.15, 0.2) is 60.7 Å². The third-order valence-corrected chi connectivity index (χ3v) is 4.45. The summed E-state index contributed by atoms with van der Waals surface area (Å²) >= 11 is 6.12. The molecule has 0 saturated carbocycles. The summed E-state index contributed by atoms with van der Waals surface area (Å²) in [5.74, 6) is 1.78. The normalized spacial score (nSPS) is 11.2. The monoisotopic (exact) mass is 336 g/mol. The van der Waals surface area contributed by atoms with Crippen molar-refractivity contribution in [3.05, 3.63) is 71.5 Å². The highest BCUT2D eigenvalue weighted by Gasteiger charge is 2.11. The SMILES string of the molecule is CCn1c(COc2cccc3ccccc23)nc2ccc(Cl)cc21. The largest absolute Gasteiger partial charge is 0.485 e. The number of aromatic nitrogens is 2. The minimum absolute atomic E-state index is 0.425.